The maximum atomic E-state index is 10.3. The zero-order chi connectivity index (χ0) is 21.5. The Bertz CT molecular complexity index is 994. The number of benzene rings is 2. The molecule has 0 spiro atoms. The van der Waals surface area contributed by atoms with E-state index in [-0.39, 0.29) is 11.0 Å². The predicted molar refractivity (Wildman–Crippen MR) is 127 cm³/mol. The third-order valence-electron chi connectivity index (χ3n) is 5.50. The summed E-state index contributed by atoms with van der Waals surface area (Å²) in [6.07, 6.45) is 8.41. The van der Waals surface area contributed by atoms with E-state index in [0.29, 0.717) is 11.8 Å². The average molecular weight is 436 g/mol. The first-order valence-corrected chi connectivity index (χ1v) is 12.0. The molecule has 3 aromatic rings. The van der Waals surface area contributed by atoms with Crippen molar-refractivity contribution < 1.29 is 9.52 Å². The highest BCUT2D eigenvalue weighted by molar-refractivity contribution is 7.99. The standard InChI is InChI=1S/C25H29N3O2S/c1-2-31-23(21-10-4-5-11-22(21)29)25-27-26-24(30-25)20-14-12-19(13-15-20)9-8-18-28-16-6-3-7-17-28/h4-5,8-15,23,29H,2-3,6-7,16-18H2,1H3. The minimum absolute atomic E-state index is 0.190. The Morgan fingerprint density at radius 2 is 1.84 bits per heavy atom. The van der Waals surface area contributed by atoms with E-state index in [1.165, 1.54) is 32.4 Å². The Balaban J connectivity index is 1.45. The van der Waals surface area contributed by atoms with Gasteiger partial charge in [-0.1, -0.05) is 55.8 Å². The number of phenols is 1. The molecule has 1 aliphatic heterocycles. The smallest absolute Gasteiger partial charge is 0.247 e. The van der Waals surface area contributed by atoms with Crippen LogP contribution in [0.25, 0.3) is 17.5 Å². The van der Waals surface area contributed by atoms with Gasteiger partial charge in [0, 0.05) is 17.7 Å². The number of thioether (sulfide) groups is 1. The fourth-order valence-electron chi connectivity index (χ4n) is 3.84. The van der Waals surface area contributed by atoms with Gasteiger partial charge in [-0.15, -0.1) is 22.0 Å². The Hall–Kier alpha value is -2.57. The van der Waals surface area contributed by atoms with Crippen LogP contribution in [0.3, 0.4) is 0 Å². The van der Waals surface area contributed by atoms with Gasteiger partial charge < -0.3 is 9.52 Å². The number of para-hydroxylation sites is 1. The molecule has 6 heteroatoms. The van der Waals surface area contributed by atoms with Crippen molar-refractivity contribution >= 4 is 17.8 Å². The van der Waals surface area contributed by atoms with Crippen LogP contribution in [-0.2, 0) is 0 Å². The van der Waals surface area contributed by atoms with E-state index < -0.39 is 0 Å². The fourth-order valence-corrected chi connectivity index (χ4v) is 4.79. The molecule has 1 atom stereocenters. The Morgan fingerprint density at radius 1 is 1.06 bits per heavy atom. The summed E-state index contributed by atoms with van der Waals surface area (Å²) in [6, 6.07) is 15.5. The van der Waals surface area contributed by atoms with Crippen molar-refractivity contribution in [1.29, 1.82) is 0 Å². The molecular formula is C25H29N3O2S. The Kier molecular flexibility index (Phi) is 7.43. The molecule has 1 aliphatic rings. The van der Waals surface area contributed by atoms with Crippen molar-refractivity contribution in [3.8, 4) is 17.2 Å². The van der Waals surface area contributed by atoms with Gasteiger partial charge in [-0.2, -0.15) is 0 Å². The summed E-state index contributed by atoms with van der Waals surface area (Å²) in [7, 11) is 0. The van der Waals surface area contributed by atoms with Crippen molar-refractivity contribution in [2.75, 3.05) is 25.4 Å². The maximum absolute atomic E-state index is 10.3. The maximum Gasteiger partial charge on any atom is 0.247 e. The number of aromatic nitrogens is 2. The van der Waals surface area contributed by atoms with Gasteiger partial charge in [-0.25, -0.2) is 0 Å². The molecule has 0 radical (unpaired) electrons. The van der Waals surface area contributed by atoms with Gasteiger partial charge in [0.05, 0.1) is 0 Å². The largest absolute Gasteiger partial charge is 0.508 e. The second-order valence-electron chi connectivity index (χ2n) is 7.73. The molecular weight excluding hydrogens is 406 g/mol. The fraction of sp³-hybridized carbons (Fsp3) is 0.360. The van der Waals surface area contributed by atoms with Crippen LogP contribution in [0.1, 0.15) is 48.5 Å². The van der Waals surface area contributed by atoms with Gasteiger partial charge in [-0.05, 0) is 55.4 Å². The lowest BCUT2D eigenvalue weighted by molar-refractivity contribution is 0.252. The lowest BCUT2D eigenvalue weighted by atomic mass is 10.1. The van der Waals surface area contributed by atoms with Gasteiger partial charge in [-0.3, -0.25) is 4.90 Å². The van der Waals surface area contributed by atoms with Crippen molar-refractivity contribution in [3.63, 3.8) is 0 Å². The summed E-state index contributed by atoms with van der Waals surface area (Å²) in [5.74, 6) is 2.12. The van der Waals surface area contributed by atoms with E-state index in [0.717, 1.165) is 29.0 Å². The second-order valence-corrected chi connectivity index (χ2v) is 9.11. The topological polar surface area (TPSA) is 62.4 Å². The number of likely N-dealkylation sites (tertiary alicyclic amines) is 1. The molecule has 1 saturated heterocycles. The van der Waals surface area contributed by atoms with Crippen LogP contribution >= 0.6 is 11.8 Å². The van der Waals surface area contributed by atoms with Gasteiger partial charge in [0.1, 0.15) is 11.0 Å². The van der Waals surface area contributed by atoms with E-state index in [2.05, 4.69) is 46.3 Å². The number of aromatic hydroxyl groups is 1. The molecule has 5 nitrogen and oxygen atoms in total. The highest BCUT2D eigenvalue weighted by atomic mass is 32.2. The Labute approximate surface area is 188 Å². The summed E-state index contributed by atoms with van der Waals surface area (Å²) in [5.41, 5.74) is 2.84. The van der Waals surface area contributed by atoms with Gasteiger partial charge >= 0.3 is 0 Å². The third kappa shape index (κ3) is 5.57. The first-order chi connectivity index (χ1) is 15.2. The monoisotopic (exact) mass is 435 g/mol. The number of piperidine rings is 1. The van der Waals surface area contributed by atoms with Crippen molar-refractivity contribution in [2.24, 2.45) is 0 Å². The number of rotatable bonds is 8. The Morgan fingerprint density at radius 3 is 2.58 bits per heavy atom. The molecule has 2 aromatic carbocycles. The molecule has 1 fully saturated rings. The van der Waals surface area contributed by atoms with E-state index in [4.69, 9.17) is 4.42 Å². The van der Waals surface area contributed by atoms with Crippen LogP contribution in [0, 0.1) is 0 Å². The van der Waals surface area contributed by atoms with Crippen LogP contribution in [0.15, 0.2) is 59.0 Å². The molecule has 0 amide bonds. The lowest BCUT2D eigenvalue weighted by Crippen LogP contribution is -2.29. The molecule has 0 saturated carbocycles. The zero-order valence-corrected chi connectivity index (χ0v) is 18.7. The molecule has 0 bridgehead atoms. The molecule has 2 heterocycles. The van der Waals surface area contributed by atoms with E-state index >= 15 is 0 Å². The minimum atomic E-state index is -0.190. The number of hydrogen-bond donors (Lipinski definition) is 1. The second kappa shape index (κ2) is 10.6. The molecule has 1 N–H and O–H groups in total. The van der Waals surface area contributed by atoms with Gasteiger partial charge in [0.2, 0.25) is 11.8 Å². The highest BCUT2D eigenvalue weighted by Gasteiger charge is 2.23. The summed E-state index contributed by atoms with van der Waals surface area (Å²) in [5, 5.41) is 18.6. The lowest BCUT2D eigenvalue weighted by Gasteiger charge is -2.24. The first-order valence-electron chi connectivity index (χ1n) is 11.0. The normalized spacial score (nSPS) is 16.0. The summed E-state index contributed by atoms with van der Waals surface area (Å²) < 4.78 is 6.02. The molecule has 1 unspecified atom stereocenters. The summed E-state index contributed by atoms with van der Waals surface area (Å²) >= 11 is 1.66. The van der Waals surface area contributed by atoms with Crippen LogP contribution in [0.2, 0.25) is 0 Å². The van der Waals surface area contributed by atoms with Gasteiger partial charge in [0.15, 0.2) is 0 Å². The quantitative estimate of drug-likeness (QED) is 0.484. The molecule has 4 rings (SSSR count). The summed E-state index contributed by atoms with van der Waals surface area (Å²) in [6.45, 7) is 5.51. The van der Waals surface area contributed by atoms with Crippen LogP contribution < -0.4 is 0 Å². The van der Waals surface area contributed by atoms with Crippen molar-refractivity contribution in [2.45, 2.75) is 31.4 Å². The molecule has 0 aliphatic carbocycles. The van der Waals surface area contributed by atoms with Crippen LogP contribution in [0.4, 0.5) is 0 Å². The third-order valence-corrected chi connectivity index (χ3v) is 6.62. The highest BCUT2D eigenvalue weighted by Crippen LogP contribution is 2.39. The minimum Gasteiger partial charge on any atom is -0.508 e. The zero-order valence-electron chi connectivity index (χ0n) is 17.9. The number of phenolic OH excluding ortho intramolecular Hbond substituents is 1. The van der Waals surface area contributed by atoms with Gasteiger partial charge in [0.25, 0.3) is 0 Å². The molecule has 162 valence electrons. The average Bonchev–Trinajstić information content (AvgIpc) is 3.29. The van der Waals surface area contributed by atoms with Crippen LogP contribution in [0.5, 0.6) is 5.75 Å². The van der Waals surface area contributed by atoms with Crippen molar-refractivity contribution in [3.05, 3.63) is 71.6 Å². The first kappa shape index (κ1) is 21.7. The van der Waals surface area contributed by atoms with Crippen molar-refractivity contribution in [1.82, 2.24) is 15.1 Å². The molecule has 31 heavy (non-hydrogen) atoms. The van der Waals surface area contributed by atoms with Crippen LogP contribution in [-0.4, -0.2) is 45.6 Å². The van der Waals surface area contributed by atoms with E-state index in [1.54, 1.807) is 17.8 Å². The molecule has 1 aromatic heterocycles. The van der Waals surface area contributed by atoms with E-state index in [1.807, 2.05) is 30.3 Å². The number of hydrogen-bond acceptors (Lipinski definition) is 6. The van der Waals surface area contributed by atoms with E-state index in [9.17, 15) is 5.11 Å². The summed E-state index contributed by atoms with van der Waals surface area (Å²) in [4.78, 5) is 2.50. The number of nitrogens with zero attached hydrogens (tertiary/aromatic N) is 3. The predicted octanol–water partition coefficient (Wildman–Crippen LogP) is 5.78. The SMILES string of the molecule is CCSC(c1nnc(-c2ccc(C=CCN3CCCCC3)cc2)o1)c1ccccc1O.